The number of halogens is 1. The molecule has 2 aromatic carbocycles. The Balaban J connectivity index is 1.52. The lowest BCUT2D eigenvalue weighted by Crippen LogP contribution is -2.40. The third-order valence-electron chi connectivity index (χ3n) is 4.85. The molecule has 1 heterocycles. The highest BCUT2D eigenvalue weighted by atomic mass is 32.1. The third-order valence-corrected chi connectivity index (χ3v) is 5.78. The van der Waals surface area contributed by atoms with Crippen LogP contribution in [-0.2, 0) is 0 Å². The van der Waals surface area contributed by atoms with Gasteiger partial charge in [0.05, 0.1) is 12.1 Å². The summed E-state index contributed by atoms with van der Waals surface area (Å²) in [4.78, 5) is 13.8. The number of thiophene rings is 1. The number of carbonyl (C=O) groups excluding carboxylic acids is 1. The van der Waals surface area contributed by atoms with Gasteiger partial charge in [-0.25, -0.2) is 9.18 Å². The van der Waals surface area contributed by atoms with Gasteiger partial charge in [-0.15, -0.1) is 11.3 Å². The van der Waals surface area contributed by atoms with Crippen LogP contribution in [0.15, 0.2) is 72.1 Å². The molecule has 5 heteroatoms. The van der Waals surface area contributed by atoms with Crippen molar-refractivity contribution in [2.75, 3.05) is 0 Å². The second-order valence-corrected chi connectivity index (χ2v) is 7.82. The molecule has 2 unspecified atom stereocenters. The van der Waals surface area contributed by atoms with Crippen molar-refractivity contribution < 1.29 is 9.18 Å². The molecular formula is C22H21FN2OS. The van der Waals surface area contributed by atoms with Crippen molar-refractivity contribution in [2.24, 2.45) is 5.92 Å². The summed E-state index contributed by atoms with van der Waals surface area (Å²) in [5.41, 5.74) is 1.99. The second-order valence-electron chi connectivity index (χ2n) is 6.84. The van der Waals surface area contributed by atoms with E-state index in [1.54, 1.807) is 23.5 Å². The van der Waals surface area contributed by atoms with Gasteiger partial charge in [0.1, 0.15) is 5.82 Å². The van der Waals surface area contributed by atoms with Crippen LogP contribution in [-0.4, -0.2) is 6.03 Å². The lowest BCUT2D eigenvalue weighted by Gasteiger charge is -2.23. The number of nitrogens with one attached hydrogen (secondary N) is 2. The molecule has 1 aliphatic rings. The summed E-state index contributed by atoms with van der Waals surface area (Å²) < 4.78 is 13.3. The van der Waals surface area contributed by atoms with Crippen LogP contribution < -0.4 is 10.6 Å². The van der Waals surface area contributed by atoms with Gasteiger partial charge in [0.2, 0.25) is 0 Å². The normalized spacial score (nSPS) is 15.7. The lowest BCUT2D eigenvalue weighted by molar-refractivity contribution is 0.233. The van der Waals surface area contributed by atoms with E-state index in [9.17, 15) is 9.18 Å². The monoisotopic (exact) mass is 380 g/mol. The van der Waals surface area contributed by atoms with Crippen molar-refractivity contribution in [3.63, 3.8) is 0 Å². The predicted octanol–water partition coefficient (Wildman–Crippen LogP) is 5.43. The molecule has 138 valence electrons. The highest BCUT2D eigenvalue weighted by Gasteiger charge is 2.33. The minimum atomic E-state index is -0.304. The number of carbonyl (C=O) groups is 1. The summed E-state index contributed by atoms with van der Waals surface area (Å²) in [5.74, 6) is 0.204. The van der Waals surface area contributed by atoms with E-state index in [0.717, 1.165) is 28.8 Å². The fraction of sp³-hybridized carbons (Fsp3) is 0.227. The van der Waals surface area contributed by atoms with E-state index in [1.165, 1.54) is 12.1 Å². The molecule has 0 saturated heterocycles. The van der Waals surface area contributed by atoms with Crippen LogP contribution in [0.2, 0.25) is 0 Å². The summed E-state index contributed by atoms with van der Waals surface area (Å²) in [6.07, 6.45) is 2.26. The number of hydrogen-bond acceptors (Lipinski definition) is 2. The van der Waals surface area contributed by atoms with Crippen molar-refractivity contribution >= 4 is 17.4 Å². The predicted molar refractivity (Wildman–Crippen MR) is 106 cm³/mol. The van der Waals surface area contributed by atoms with Crippen LogP contribution in [0.4, 0.5) is 9.18 Å². The molecule has 27 heavy (non-hydrogen) atoms. The molecule has 0 radical (unpaired) electrons. The van der Waals surface area contributed by atoms with Crippen molar-refractivity contribution in [3.05, 3.63) is 93.9 Å². The standard InChI is InChI=1S/C22H21FN2OS/c23-18-12-10-17(11-13-18)21(19-7-4-14-27-19)25-22(26)24-20(16-8-9-16)15-5-2-1-3-6-15/h1-7,10-14,16,20-21H,8-9H2,(H2,24,25,26). The molecule has 4 rings (SSSR count). The Kier molecular flexibility index (Phi) is 5.21. The van der Waals surface area contributed by atoms with Gasteiger partial charge >= 0.3 is 6.03 Å². The van der Waals surface area contributed by atoms with Gasteiger partial charge in [-0.05, 0) is 53.5 Å². The van der Waals surface area contributed by atoms with Crippen LogP contribution in [0.5, 0.6) is 0 Å². The topological polar surface area (TPSA) is 41.1 Å². The minimum absolute atomic E-state index is 0.0170. The van der Waals surface area contributed by atoms with Crippen molar-refractivity contribution in [2.45, 2.75) is 24.9 Å². The number of rotatable bonds is 6. The molecule has 1 aliphatic carbocycles. The highest BCUT2D eigenvalue weighted by molar-refractivity contribution is 7.10. The van der Waals surface area contributed by atoms with Gasteiger partial charge in [0.15, 0.2) is 0 Å². The maximum Gasteiger partial charge on any atom is 0.316 e. The number of amides is 2. The summed E-state index contributed by atoms with van der Waals surface area (Å²) >= 11 is 1.57. The van der Waals surface area contributed by atoms with Crippen LogP contribution in [0.3, 0.4) is 0 Å². The summed E-state index contributed by atoms with van der Waals surface area (Å²) in [6.45, 7) is 0. The first-order valence-corrected chi connectivity index (χ1v) is 9.99. The van der Waals surface area contributed by atoms with Crippen LogP contribution in [0.25, 0.3) is 0 Å². The van der Waals surface area contributed by atoms with E-state index < -0.39 is 0 Å². The van der Waals surface area contributed by atoms with E-state index >= 15 is 0 Å². The Bertz CT molecular complexity index is 876. The van der Waals surface area contributed by atoms with E-state index in [-0.39, 0.29) is 23.9 Å². The first-order chi connectivity index (χ1) is 13.2. The molecule has 2 N–H and O–H groups in total. The quantitative estimate of drug-likeness (QED) is 0.588. The Morgan fingerprint density at radius 1 is 0.926 bits per heavy atom. The van der Waals surface area contributed by atoms with Gasteiger partial charge < -0.3 is 10.6 Å². The lowest BCUT2D eigenvalue weighted by atomic mass is 10.0. The van der Waals surface area contributed by atoms with Crippen molar-refractivity contribution in [1.82, 2.24) is 10.6 Å². The van der Waals surface area contributed by atoms with E-state index in [2.05, 4.69) is 22.8 Å². The Morgan fingerprint density at radius 2 is 1.67 bits per heavy atom. The number of benzene rings is 2. The van der Waals surface area contributed by atoms with E-state index in [0.29, 0.717) is 5.92 Å². The molecule has 2 atom stereocenters. The average molecular weight is 380 g/mol. The fourth-order valence-corrected chi connectivity index (χ4v) is 4.11. The fourth-order valence-electron chi connectivity index (χ4n) is 3.31. The van der Waals surface area contributed by atoms with Crippen LogP contribution >= 0.6 is 11.3 Å². The number of hydrogen-bond donors (Lipinski definition) is 2. The zero-order valence-electron chi connectivity index (χ0n) is 14.8. The Labute approximate surface area is 162 Å². The van der Waals surface area contributed by atoms with E-state index in [4.69, 9.17) is 0 Å². The van der Waals surface area contributed by atoms with Crippen molar-refractivity contribution in [1.29, 1.82) is 0 Å². The summed E-state index contributed by atoms with van der Waals surface area (Å²) in [5, 5.41) is 8.20. The maximum absolute atomic E-state index is 13.3. The van der Waals surface area contributed by atoms with Gasteiger partial charge in [-0.3, -0.25) is 0 Å². The summed E-state index contributed by atoms with van der Waals surface area (Å²) in [6, 6.07) is 19.8. The molecule has 3 nitrogen and oxygen atoms in total. The Hall–Kier alpha value is -2.66. The Morgan fingerprint density at radius 3 is 2.30 bits per heavy atom. The van der Waals surface area contributed by atoms with Crippen LogP contribution in [0, 0.1) is 11.7 Å². The molecule has 1 aromatic heterocycles. The second kappa shape index (κ2) is 7.92. The highest BCUT2D eigenvalue weighted by Crippen LogP contribution is 2.41. The zero-order chi connectivity index (χ0) is 18.6. The van der Waals surface area contributed by atoms with Gasteiger partial charge in [-0.2, -0.15) is 0 Å². The smallest absolute Gasteiger partial charge is 0.316 e. The SMILES string of the molecule is O=C(NC(c1ccc(F)cc1)c1cccs1)NC(c1ccccc1)C1CC1. The molecule has 1 saturated carbocycles. The molecule has 3 aromatic rings. The molecule has 0 bridgehead atoms. The minimum Gasteiger partial charge on any atom is -0.331 e. The summed E-state index contributed by atoms with van der Waals surface area (Å²) in [7, 11) is 0. The molecule has 0 spiro atoms. The van der Waals surface area contributed by atoms with Gasteiger partial charge in [0, 0.05) is 4.88 Å². The van der Waals surface area contributed by atoms with Gasteiger partial charge in [-0.1, -0.05) is 48.5 Å². The molecule has 1 fully saturated rings. The first kappa shape index (κ1) is 17.7. The van der Waals surface area contributed by atoms with Crippen molar-refractivity contribution in [3.8, 4) is 0 Å². The third kappa shape index (κ3) is 4.37. The van der Waals surface area contributed by atoms with Gasteiger partial charge in [0.25, 0.3) is 0 Å². The maximum atomic E-state index is 13.3. The molecule has 2 amide bonds. The largest absolute Gasteiger partial charge is 0.331 e. The zero-order valence-corrected chi connectivity index (χ0v) is 15.6. The van der Waals surface area contributed by atoms with E-state index in [1.807, 2.05) is 35.7 Å². The molecule has 0 aliphatic heterocycles. The first-order valence-electron chi connectivity index (χ1n) is 9.11. The molecular weight excluding hydrogens is 359 g/mol. The average Bonchev–Trinajstić information content (AvgIpc) is 3.39. The number of urea groups is 1. The van der Waals surface area contributed by atoms with Crippen LogP contribution in [0.1, 0.15) is 40.9 Å².